The first-order valence-corrected chi connectivity index (χ1v) is 12.1. The largest absolute Gasteiger partial charge is 0.497 e. The molecule has 0 radical (unpaired) electrons. The fraction of sp³-hybridized carbons (Fsp3) is 0.296. The Balaban J connectivity index is 1.50. The van der Waals surface area contributed by atoms with Crippen molar-refractivity contribution in [1.29, 1.82) is 5.26 Å². The number of carbonyl (C=O) groups is 1. The molecule has 5 nitrogen and oxygen atoms in total. The predicted molar refractivity (Wildman–Crippen MR) is 132 cm³/mol. The summed E-state index contributed by atoms with van der Waals surface area (Å²) in [5.74, 6) is 1.09. The number of anilines is 1. The van der Waals surface area contributed by atoms with Crippen LogP contribution in [0.5, 0.6) is 5.75 Å². The van der Waals surface area contributed by atoms with E-state index in [0.717, 1.165) is 36.3 Å². The van der Waals surface area contributed by atoms with Crippen LogP contribution in [0.2, 0.25) is 0 Å². The Bertz CT molecular complexity index is 1160. The van der Waals surface area contributed by atoms with Gasteiger partial charge in [-0.15, -0.1) is 0 Å². The number of ether oxygens (including phenoxy) is 1. The molecule has 4 rings (SSSR count). The lowest BCUT2D eigenvalue weighted by molar-refractivity contribution is -0.115. The SMILES string of the molecule is CCC(Sc1nc2c(cc1C#N)CC(c1ccccc1)CC2)C(=O)Nc1ccc(OC)cc1. The molecule has 168 valence electrons. The van der Waals surface area contributed by atoms with E-state index in [1.165, 1.54) is 17.3 Å². The number of pyridine rings is 1. The summed E-state index contributed by atoms with van der Waals surface area (Å²) in [6.45, 7) is 1.97. The second-order valence-electron chi connectivity index (χ2n) is 8.14. The minimum atomic E-state index is -0.342. The zero-order chi connectivity index (χ0) is 23.2. The van der Waals surface area contributed by atoms with Gasteiger partial charge in [0.25, 0.3) is 0 Å². The Hall–Kier alpha value is -3.30. The van der Waals surface area contributed by atoms with Crippen LogP contribution in [0.4, 0.5) is 5.69 Å². The minimum Gasteiger partial charge on any atom is -0.497 e. The number of benzene rings is 2. The molecular weight excluding hydrogens is 430 g/mol. The monoisotopic (exact) mass is 457 g/mol. The Kier molecular flexibility index (Phi) is 7.31. The quantitative estimate of drug-likeness (QED) is 0.458. The summed E-state index contributed by atoms with van der Waals surface area (Å²) in [4.78, 5) is 17.8. The van der Waals surface area contributed by atoms with Crippen molar-refractivity contribution in [1.82, 2.24) is 4.98 Å². The molecule has 0 fully saturated rings. The molecule has 0 spiro atoms. The lowest BCUT2D eigenvalue weighted by Crippen LogP contribution is -2.25. The number of aromatic nitrogens is 1. The van der Waals surface area contributed by atoms with Crippen LogP contribution in [0.15, 0.2) is 65.7 Å². The van der Waals surface area contributed by atoms with Gasteiger partial charge in [0.2, 0.25) is 5.91 Å². The molecule has 1 aliphatic rings. The number of amides is 1. The molecule has 33 heavy (non-hydrogen) atoms. The topological polar surface area (TPSA) is 75.0 Å². The molecular formula is C27H27N3O2S. The third kappa shape index (κ3) is 5.37. The van der Waals surface area contributed by atoms with Crippen molar-refractivity contribution in [2.24, 2.45) is 0 Å². The molecule has 1 N–H and O–H groups in total. The van der Waals surface area contributed by atoms with Gasteiger partial charge in [0, 0.05) is 11.4 Å². The number of fused-ring (bicyclic) bond motifs is 1. The van der Waals surface area contributed by atoms with E-state index in [4.69, 9.17) is 9.72 Å². The maximum absolute atomic E-state index is 12.9. The Morgan fingerprint density at radius 2 is 2.00 bits per heavy atom. The summed E-state index contributed by atoms with van der Waals surface area (Å²) in [7, 11) is 1.61. The second-order valence-corrected chi connectivity index (χ2v) is 9.33. The van der Waals surface area contributed by atoms with Gasteiger partial charge >= 0.3 is 0 Å². The molecule has 0 saturated carbocycles. The van der Waals surface area contributed by atoms with E-state index in [9.17, 15) is 10.1 Å². The highest BCUT2D eigenvalue weighted by Gasteiger charge is 2.25. The van der Waals surface area contributed by atoms with Crippen molar-refractivity contribution in [2.45, 2.75) is 48.8 Å². The van der Waals surface area contributed by atoms with Crippen LogP contribution in [-0.2, 0) is 17.6 Å². The van der Waals surface area contributed by atoms with E-state index in [0.29, 0.717) is 28.6 Å². The van der Waals surface area contributed by atoms with Gasteiger partial charge in [-0.25, -0.2) is 4.98 Å². The summed E-state index contributed by atoms with van der Waals surface area (Å²) >= 11 is 1.37. The van der Waals surface area contributed by atoms with Gasteiger partial charge < -0.3 is 10.1 Å². The lowest BCUT2D eigenvalue weighted by Gasteiger charge is -2.25. The number of rotatable bonds is 7. The normalized spacial score (nSPS) is 15.7. The molecule has 0 saturated heterocycles. The second kappa shape index (κ2) is 10.5. The van der Waals surface area contributed by atoms with Crippen molar-refractivity contribution in [3.8, 4) is 11.8 Å². The van der Waals surface area contributed by atoms with Crippen LogP contribution in [0.3, 0.4) is 0 Å². The van der Waals surface area contributed by atoms with E-state index in [1.807, 2.05) is 43.3 Å². The smallest absolute Gasteiger partial charge is 0.237 e. The van der Waals surface area contributed by atoms with Gasteiger partial charge in [0.1, 0.15) is 16.8 Å². The molecule has 3 aromatic rings. The van der Waals surface area contributed by atoms with Crippen molar-refractivity contribution in [2.75, 3.05) is 12.4 Å². The van der Waals surface area contributed by atoms with Crippen LogP contribution < -0.4 is 10.1 Å². The zero-order valence-electron chi connectivity index (χ0n) is 18.9. The van der Waals surface area contributed by atoms with Crippen LogP contribution >= 0.6 is 11.8 Å². The standard InChI is InChI=1S/C27H27N3O2S/c1-3-25(26(31)29-22-10-12-23(32-2)13-11-22)33-27-21(17-28)16-20-15-19(9-14-24(20)30-27)18-7-5-4-6-8-18/h4-8,10-13,16,19,25H,3,9,14-15H2,1-2H3,(H,29,31). The van der Waals surface area contributed by atoms with E-state index < -0.39 is 0 Å². The van der Waals surface area contributed by atoms with Crippen molar-refractivity contribution in [3.05, 3.63) is 83.0 Å². The molecule has 6 heteroatoms. The first-order chi connectivity index (χ1) is 16.1. The highest BCUT2D eigenvalue weighted by molar-refractivity contribution is 8.00. The molecule has 0 bridgehead atoms. The molecule has 2 unspecified atom stereocenters. The van der Waals surface area contributed by atoms with Gasteiger partial charge in [0.15, 0.2) is 0 Å². The summed E-state index contributed by atoms with van der Waals surface area (Å²) in [6.07, 6.45) is 3.44. The Morgan fingerprint density at radius 3 is 2.67 bits per heavy atom. The number of nitriles is 1. The molecule has 1 heterocycles. The molecule has 1 aliphatic carbocycles. The van der Waals surface area contributed by atoms with Crippen molar-refractivity contribution < 1.29 is 9.53 Å². The Morgan fingerprint density at radius 1 is 1.24 bits per heavy atom. The van der Waals surface area contributed by atoms with E-state index in [-0.39, 0.29) is 11.2 Å². The summed E-state index contributed by atoms with van der Waals surface area (Å²) in [5.41, 5.74) is 4.79. The first-order valence-electron chi connectivity index (χ1n) is 11.2. The fourth-order valence-electron chi connectivity index (χ4n) is 4.18. The van der Waals surface area contributed by atoms with Crippen molar-refractivity contribution >= 4 is 23.4 Å². The zero-order valence-corrected chi connectivity index (χ0v) is 19.7. The first kappa shape index (κ1) is 22.9. The number of hydrogen-bond acceptors (Lipinski definition) is 5. The lowest BCUT2D eigenvalue weighted by atomic mass is 9.82. The average Bonchev–Trinajstić information content (AvgIpc) is 2.87. The maximum atomic E-state index is 12.9. The number of thioether (sulfide) groups is 1. The van der Waals surface area contributed by atoms with Crippen LogP contribution in [0, 0.1) is 11.3 Å². The van der Waals surface area contributed by atoms with E-state index in [1.54, 1.807) is 7.11 Å². The molecule has 2 atom stereocenters. The Labute approximate surface area is 199 Å². The van der Waals surface area contributed by atoms with Gasteiger partial charge in [0.05, 0.1) is 17.9 Å². The highest BCUT2D eigenvalue weighted by atomic mass is 32.2. The number of aryl methyl sites for hydroxylation is 1. The van der Waals surface area contributed by atoms with Crippen molar-refractivity contribution in [3.63, 3.8) is 0 Å². The number of methoxy groups -OCH3 is 1. The van der Waals surface area contributed by atoms with Crippen LogP contribution in [0.1, 0.15) is 48.1 Å². The van der Waals surface area contributed by atoms with Gasteiger partial charge in [-0.1, -0.05) is 49.0 Å². The molecule has 1 aromatic heterocycles. The number of nitrogens with zero attached hydrogens (tertiary/aromatic N) is 2. The van der Waals surface area contributed by atoms with Gasteiger partial charge in [-0.2, -0.15) is 5.26 Å². The number of hydrogen-bond donors (Lipinski definition) is 1. The van der Waals surface area contributed by atoms with Gasteiger partial charge in [-0.3, -0.25) is 4.79 Å². The predicted octanol–water partition coefficient (Wildman–Crippen LogP) is 5.74. The number of nitrogens with one attached hydrogen (secondary N) is 1. The molecule has 1 amide bonds. The minimum absolute atomic E-state index is 0.0970. The fourth-order valence-corrected chi connectivity index (χ4v) is 5.18. The summed E-state index contributed by atoms with van der Waals surface area (Å²) < 4.78 is 5.17. The molecule has 0 aliphatic heterocycles. The maximum Gasteiger partial charge on any atom is 0.237 e. The highest BCUT2D eigenvalue weighted by Crippen LogP contribution is 2.36. The third-order valence-corrected chi connectivity index (χ3v) is 7.38. The van der Waals surface area contributed by atoms with Gasteiger partial charge in [-0.05, 0) is 73.1 Å². The van der Waals surface area contributed by atoms with E-state index >= 15 is 0 Å². The van der Waals surface area contributed by atoms with E-state index in [2.05, 4.69) is 35.7 Å². The average molecular weight is 458 g/mol. The van der Waals surface area contributed by atoms with Crippen LogP contribution in [0.25, 0.3) is 0 Å². The number of carbonyl (C=O) groups excluding carboxylic acids is 1. The third-order valence-electron chi connectivity index (χ3n) is 6.02. The molecule has 2 aromatic carbocycles. The summed E-state index contributed by atoms with van der Waals surface area (Å²) in [6, 6.07) is 22.1. The van der Waals surface area contributed by atoms with Crippen LogP contribution in [-0.4, -0.2) is 23.3 Å². The summed E-state index contributed by atoms with van der Waals surface area (Å²) in [5, 5.41) is 13.1.